The number of rotatable bonds is 6. The monoisotopic (exact) mass is 200 g/mol. The molecule has 1 atom stereocenters. The van der Waals surface area contributed by atoms with Gasteiger partial charge in [-0.3, -0.25) is 4.79 Å². The molecule has 0 aliphatic rings. The molecule has 3 nitrogen and oxygen atoms in total. The van der Waals surface area contributed by atoms with E-state index in [2.05, 4.69) is 11.2 Å². The van der Waals surface area contributed by atoms with Crippen molar-refractivity contribution in [2.24, 2.45) is 5.73 Å². The molecule has 0 aromatic carbocycles. The van der Waals surface area contributed by atoms with Gasteiger partial charge in [-0.05, 0) is 18.4 Å². The highest BCUT2D eigenvalue weighted by Crippen LogP contribution is 1.98. The summed E-state index contributed by atoms with van der Waals surface area (Å²) < 4.78 is 0. The van der Waals surface area contributed by atoms with Crippen molar-refractivity contribution in [1.29, 1.82) is 0 Å². The summed E-state index contributed by atoms with van der Waals surface area (Å²) in [6, 6.07) is -0.398. The van der Waals surface area contributed by atoms with Crippen LogP contribution in [0.15, 0.2) is 0 Å². The van der Waals surface area contributed by atoms with Crippen molar-refractivity contribution in [2.75, 3.05) is 18.6 Å². The van der Waals surface area contributed by atoms with Crippen LogP contribution in [-0.4, -0.2) is 30.5 Å². The number of carbonyl (C=O) groups excluding carboxylic acids is 1. The van der Waals surface area contributed by atoms with Crippen molar-refractivity contribution in [3.8, 4) is 12.3 Å². The maximum Gasteiger partial charge on any atom is 0.236 e. The zero-order valence-corrected chi connectivity index (χ0v) is 8.69. The molecule has 0 bridgehead atoms. The zero-order valence-electron chi connectivity index (χ0n) is 7.88. The summed E-state index contributed by atoms with van der Waals surface area (Å²) in [5, 5.41) is 2.68. The highest BCUT2D eigenvalue weighted by atomic mass is 32.2. The second kappa shape index (κ2) is 7.96. The number of carbonyl (C=O) groups is 1. The molecule has 0 saturated heterocycles. The van der Waals surface area contributed by atoms with Crippen LogP contribution in [0.2, 0.25) is 0 Å². The van der Waals surface area contributed by atoms with Gasteiger partial charge in [-0.15, -0.1) is 12.3 Å². The molecule has 1 amide bonds. The van der Waals surface area contributed by atoms with Crippen LogP contribution in [0.3, 0.4) is 0 Å². The normalized spacial score (nSPS) is 11.8. The Kier molecular flexibility index (Phi) is 7.56. The summed E-state index contributed by atoms with van der Waals surface area (Å²) in [5.41, 5.74) is 5.61. The number of nitrogens with one attached hydrogen (secondary N) is 1. The highest BCUT2D eigenvalue weighted by molar-refractivity contribution is 7.98. The van der Waals surface area contributed by atoms with E-state index < -0.39 is 6.04 Å². The number of terminal acetylenes is 1. The van der Waals surface area contributed by atoms with Crippen LogP contribution in [-0.2, 0) is 4.79 Å². The second-order valence-corrected chi connectivity index (χ2v) is 3.62. The van der Waals surface area contributed by atoms with Crippen LogP contribution in [0.25, 0.3) is 0 Å². The summed E-state index contributed by atoms with van der Waals surface area (Å²) in [6.45, 7) is 0.516. The van der Waals surface area contributed by atoms with Gasteiger partial charge in [-0.1, -0.05) is 0 Å². The van der Waals surface area contributed by atoms with E-state index >= 15 is 0 Å². The molecule has 0 aromatic rings. The van der Waals surface area contributed by atoms with E-state index in [1.54, 1.807) is 11.8 Å². The first-order chi connectivity index (χ1) is 6.22. The quantitative estimate of drug-likeness (QED) is 0.476. The largest absolute Gasteiger partial charge is 0.354 e. The van der Waals surface area contributed by atoms with Crippen LogP contribution in [0, 0.1) is 12.3 Å². The maximum absolute atomic E-state index is 11.2. The summed E-state index contributed by atoms with van der Waals surface area (Å²) in [4.78, 5) is 11.2. The molecular formula is C9H16N2OS. The van der Waals surface area contributed by atoms with Gasteiger partial charge >= 0.3 is 0 Å². The summed E-state index contributed by atoms with van der Waals surface area (Å²) >= 11 is 1.68. The van der Waals surface area contributed by atoms with Gasteiger partial charge in [-0.2, -0.15) is 11.8 Å². The Bertz CT molecular complexity index is 189. The molecule has 0 fully saturated rings. The third-order valence-electron chi connectivity index (χ3n) is 1.54. The molecule has 0 unspecified atom stereocenters. The van der Waals surface area contributed by atoms with Crippen LogP contribution in [0.5, 0.6) is 0 Å². The van der Waals surface area contributed by atoms with Crippen LogP contribution >= 0.6 is 11.8 Å². The Labute approximate surface area is 83.8 Å². The first-order valence-electron chi connectivity index (χ1n) is 4.18. The van der Waals surface area contributed by atoms with Gasteiger partial charge in [0.05, 0.1) is 6.04 Å². The van der Waals surface area contributed by atoms with E-state index in [1.165, 1.54) is 0 Å². The van der Waals surface area contributed by atoms with Crippen LogP contribution < -0.4 is 11.1 Å². The Morgan fingerprint density at radius 1 is 1.77 bits per heavy atom. The molecule has 74 valence electrons. The third-order valence-corrected chi connectivity index (χ3v) is 2.18. The topological polar surface area (TPSA) is 55.1 Å². The van der Waals surface area contributed by atoms with Gasteiger partial charge in [-0.25, -0.2) is 0 Å². The van der Waals surface area contributed by atoms with E-state index in [1.807, 2.05) is 6.26 Å². The molecule has 13 heavy (non-hydrogen) atoms. The minimum Gasteiger partial charge on any atom is -0.354 e. The molecule has 0 aliphatic carbocycles. The maximum atomic E-state index is 11.2. The van der Waals surface area contributed by atoms with Crippen molar-refractivity contribution in [3.05, 3.63) is 0 Å². The highest BCUT2D eigenvalue weighted by Gasteiger charge is 2.11. The summed E-state index contributed by atoms with van der Waals surface area (Å²) in [7, 11) is 0. The van der Waals surface area contributed by atoms with Gasteiger partial charge in [0.2, 0.25) is 5.91 Å². The lowest BCUT2D eigenvalue weighted by molar-refractivity contribution is -0.122. The molecule has 0 aromatic heterocycles. The Hall–Kier alpha value is -0.660. The molecular weight excluding hydrogens is 184 g/mol. The molecule has 0 aliphatic heterocycles. The van der Waals surface area contributed by atoms with Crippen LogP contribution in [0.1, 0.15) is 12.8 Å². The predicted molar refractivity (Wildman–Crippen MR) is 57.4 cm³/mol. The molecule has 0 spiro atoms. The second-order valence-electron chi connectivity index (χ2n) is 2.63. The minimum atomic E-state index is -0.398. The van der Waals surface area contributed by atoms with Crippen molar-refractivity contribution >= 4 is 17.7 Å². The number of hydrogen-bond acceptors (Lipinski definition) is 3. The molecule has 0 rings (SSSR count). The number of hydrogen-bond donors (Lipinski definition) is 2. The summed E-state index contributed by atoms with van der Waals surface area (Å²) in [6.07, 6.45) is 8.29. The first-order valence-corrected chi connectivity index (χ1v) is 5.57. The fourth-order valence-corrected chi connectivity index (χ4v) is 1.25. The Morgan fingerprint density at radius 2 is 2.46 bits per heavy atom. The van der Waals surface area contributed by atoms with Crippen molar-refractivity contribution in [3.63, 3.8) is 0 Å². The fourth-order valence-electron chi connectivity index (χ4n) is 0.765. The standard InChI is InChI=1S/C9H16N2OS/c1-3-4-6-11-9(12)8(10)5-7-13-2/h1,8H,4-7,10H2,2H3,(H,11,12)/t8-/m0/s1. The first kappa shape index (κ1) is 12.3. The van der Waals surface area contributed by atoms with E-state index in [-0.39, 0.29) is 5.91 Å². The van der Waals surface area contributed by atoms with Crippen molar-refractivity contribution < 1.29 is 4.79 Å². The van der Waals surface area contributed by atoms with Gasteiger partial charge in [0.25, 0.3) is 0 Å². The van der Waals surface area contributed by atoms with Crippen molar-refractivity contribution in [1.82, 2.24) is 5.32 Å². The predicted octanol–water partition coefficient (Wildman–Crippen LogP) is 0.206. The summed E-state index contributed by atoms with van der Waals surface area (Å²) in [5.74, 6) is 3.24. The fraction of sp³-hybridized carbons (Fsp3) is 0.667. The van der Waals surface area contributed by atoms with Gasteiger partial charge in [0.1, 0.15) is 0 Å². The Balaban J connectivity index is 3.52. The van der Waals surface area contributed by atoms with Crippen molar-refractivity contribution in [2.45, 2.75) is 18.9 Å². The Morgan fingerprint density at radius 3 is 3.00 bits per heavy atom. The van der Waals surface area contributed by atoms with Gasteiger partial charge in [0.15, 0.2) is 0 Å². The average Bonchev–Trinajstić information content (AvgIpc) is 2.14. The molecule has 3 N–H and O–H groups in total. The van der Waals surface area contributed by atoms with Crippen LogP contribution in [0.4, 0.5) is 0 Å². The number of thioether (sulfide) groups is 1. The third kappa shape index (κ3) is 6.50. The number of amides is 1. The van der Waals surface area contributed by atoms with E-state index in [0.717, 1.165) is 5.75 Å². The minimum absolute atomic E-state index is 0.107. The van der Waals surface area contributed by atoms with E-state index in [0.29, 0.717) is 19.4 Å². The lowest BCUT2D eigenvalue weighted by Crippen LogP contribution is -2.41. The van der Waals surface area contributed by atoms with Gasteiger partial charge < -0.3 is 11.1 Å². The number of nitrogens with two attached hydrogens (primary N) is 1. The smallest absolute Gasteiger partial charge is 0.236 e. The molecule has 0 radical (unpaired) electrons. The van der Waals surface area contributed by atoms with E-state index in [9.17, 15) is 4.79 Å². The molecule has 0 saturated carbocycles. The van der Waals surface area contributed by atoms with E-state index in [4.69, 9.17) is 12.2 Å². The lowest BCUT2D eigenvalue weighted by Gasteiger charge is -2.10. The molecule has 4 heteroatoms. The SMILES string of the molecule is C#CCCNC(=O)[C@@H](N)CCSC. The lowest BCUT2D eigenvalue weighted by atomic mass is 10.2. The van der Waals surface area contributed by atoms with Gasteiger partial charge in [0, 0.05) is 13.0 Å². The molecule has 0 heterocycles. The average molecular weight is 200 g/mol. The zero-order chi connectivity index (χ0) is 10.1.